The van der Waals surface area contributed by atoms with Crippen LogP contribution in [0.2, 0.25) is 0 Å². The highest BCUT2D eigenvalue weighted by Crippen LogP contribution is 2.36. The van der Waals surface area contributed by atoms with E-state index in [4.69, 9.17) is 0 Å². The number of benzene rings is 2. The van der Waals surface area contributed by atoms with E-state index < -0.39 is 0 Å². The van der Waals surface area contributed by atoms with Gasteiger partial charge in [0.1, 0.15) is 0 Å². The third-order valence-electron chi connectivity index (χ3n) is 4.59. The van der Waals surface area contributed by atoms with Crippen molar-refractivity contribution in [3.63, 3.8) is 0 Å². The Hall–Kier alpha value is -2.73. The lowest BCUT2D eigenvalue weighted by Crippen LogP contribution is -2.29. The van der Waals surface area contributed by atoms with E-state index in [-0.39, 0.29) is 0 Å². The Kier molecular flexibility index (Phi) is 5.44. The number of hydrogen-bond donors (Lipinski definition) is 1. The van der Waals surface area contributed by atoms with Crippen molar-refractivity contribution in [2.24, 2.45) is 0 Å². The number of hydrogen-bond acceptors (Lipinski definition) is 1. The first-order chi connectivity index (χ1) is 13.3. The van der Waals surface area contributed by atoms with Crippen LogP contribution in [0.1, 0.15) is 11.1 Å². The maximum atomic E-state index is 3.33. The Morgan fingerprint density at radius 3 is 2.52 bits per heavy atom. The second kappa shape index (κ2) is 8.31. The molecule has 0 N–H and O–H groups in total. The second-order valence-electron chi connectivity index (χ2n) is 6.67. The summed E-state index contributed by atoms with van der Waals surface area (Å²) in [7, 11) is 2.17. The molecule has 1 nitrogen and oxygen atoms in total. The van der Waals surface area contributed by atoms with E-state index in [1.54, 1.807) is 0 Å². The number of fused-ring (bicyclic) bond motifs is 1. The fourth-order valence-electron chi connectivity index (χ4n) is 3.24. The van der Waals surface area contributed by atoms with E-state index in [0.29, 0.717) is 6.04 Å². The van der Waals surface area contributed by atoms with Gasteiger partial charge < -0.3 is 0 Å². The third-order valence-corrected chi connectivity index (χ3v) is 5.65. The van der Waals surface area contributed by atoms with Crippen molar-refractivity contribution in [1.82, 2.24) is 4.31 Å². The van der Waals surface area contributed by atoms with E-state index >= 15 is 0 Å². The molecule has 0 amide bonds. The Morgan fingerprint density at radius 2 is 1.74 bits per heavy atom. The zero-order valence-corrected chi connectivity index (χ0v) is 16.2. The smallest absolute Gasteiger partial charge is 0.0627 e. The predicted octanol–water partition coefficient (Wildman–Crippen LogP) is 5.39. The van der Waals surface area contributed by atoms with Crippen molar-refractivity contribution in [3.8, 4) is 11.8 Å². The number of nitrogens with zero attached hydrogens (tertiary/aromatic N) is 1. The first-order valence-corrected chi connectivity index (χ1v) is 9.98. The van der Waals surface area contributed by atoms with Crippen LogP contribution in [0.5, 0.6) is 0 Å². The van der Waals surface area contributed by atoms with Crippen LogP contribution in [0.3, 0.4) is 0 Å². The van der Waals surface area contributed by atoms with Gasteiger partial charge in [-0.3, -0.25) is 0 Å². The summed E-state index contributed by atoms with van der Waals surface area (Å²) in [5, 5.41) is 0. The van der Waals surface area contributed by atoms with Crippen molar-refractivity contribution >= 4 is 18.0 Å². The molecule has 1 heterocycles. The summed E-state index contributed by atoms with van der Waals surface area (Å²) >= 11 is 1.23. The molecule has 1 atom stereocenters. The highest BCUT2D eigenvalue weighted by molar-refractivity contribution is 8.01. The number of thiol groups is 1. The van der Waals surface area contributed by atoms with Gasteiger partial charge in [-0.15, -0.1) is 11.9 Å². The first-order valence-electron chi connectivity index (χ1n) is 9.13. The quantitative estimate of drug-likeness (QED) is 0.549. The molecule has 0 bridgehead atoms. The van der Waals surface area contributed by atoms with Gasteiger partial charge in [0.15, 0.2) is 0 Å². The van der Waals surface area contributed by atoms with Crippen LogP contribution in [0, 0.1) is 11.8 Å². The molecule has 2 aliphatic rings. The average molecular weight is 369 g/mol. The van der Waals surface area contributed by atoms with Crippen molar-refractivity contribution in [2.45, 2.75) is 12.5 Å². The molecule has 0 spiro atoms. The van der Waals surface area contributed by atoms with Crippen molar-refractivity contribution in [2.75, 3.05) is 7.05 Å². The molecule has 133 valence electrons. The Labute approximate surface area is 165 Å². The van der Waals surface area contributed by atoms with E-state index in [1.165, 1.54) is 33.6 Å². The van der Waals surface area contributed by atoms with Crippen molar-refractivity contribution in [3.05, 3.63) is 112 Å². The number of allylic oxidation sites excluding steroid dienone is 3. The SMILES string of the molecule is CN1[SH]/C(=C/c2ccccc2)C=C2C=C(C#CCc3ccccc3)C=CC21. The van der Waals surface area contributed by atoms with Crippen molar-refractivity contribution in [1.29, 1.82) is 0 Å². The molecule has 1 unspecified atom stereocenters. The van der Waals surface area contributed by atoms with Gasteiger partial charge in [-0.25, -0.2) is 4.31 Å². The van der Waals surface area contributed by atoms with Gasteiger partial charge in [-0.2, -0.15) is 0 Å². The lowest BCUT2D eigenvalue weighted by atomic mass is 9.96. The topological polar surface area (TPSA) is 3.24 Å². The normalized spacial score (nSPS) is 20.3. The molecule has 1 aliphatic heterocycles. The molecule has 0 saturated carbocycles. The molecule has 0 saturated heterocycles. The highest BCUT2D eigenvalue weighted by Gasteiger charge is 2.23. The zero-order chi connectivity index (χ0) is 18.5. The van der Waals surface area contributed by atoms with Crippen LogP contribution in [-0.2, 0) is 6.42 Å². The van der Waals surface area contributed by atoms with E-state index in [9.17, 15) is 0 Å². The summed E-state index contributed by atoms with van der Waals surface area (Å²) in [5.41, 5.74) is 4.89. The minimum atomic E-state index is 0.333. The lowest BCUT2D eigenvalue weighted by molar-refractivity contribution is 0.530. The van der Waals surface area contributed by atoms with Gasteiger partial charge >= 0.3 is 0 Å². The average Bonchev–Trinajstić information content (AvgIpc) is 2.69. The van der Waals surface area contributed by atoms with E-state index in [1.807, 2.05) is 6.07 Å². The first kappa shape index (κ1) is 17.7. The Bertz CT molecular complexity index is 985. The third kappa shape index (κ3) is 4.52. The van der Waals surface area contributed by atoms with Crippen molar-refractivity contribution < 1.29 is 0 Å². The van der Waals surface area contributed by atoms with E-state index in [0.717, 1.165) is 12.0 Å². The molecule has 2 heteroatoms. The molecule has 2 aromatic carbocycles. The fourth-order valence-corrected chi connectivity index (χ4v) is 4.36. The number of rotatable bonds is 2. The maximum Gasteiger partial charge on any atom is 0.0627 e. The van der Waals surface area contributed by atoms with Crippen LogP contribution in [0.25, 0.3) is 6.08 Å². The van der Waals surface area contributed by atoms with Crippen LogP contribution >= 0.6 is 11.9 Å². The maximum absolute atomic E-state index is 3.33. The summed E-state index contributed by atoms with van der Waals surface area (Å²) in [4.78, 5) is 1.30. The second-order valence-corrected chi connectivity index (χ2v) is 8.01. The summed E-state index contributed by atoms with van der Waals surface area (Å²) in [6.07, 6.45) is 12.0. The van der Waals surface area contributed by atoms with Gasteiger partial charge in [-0.1, -0.05) is 78.6 Å². The standard InChI is InChI=1S/C25H22NS/c1-26-25-16-15-22(14-8-13-20-9-4-2-5-10-20)17-23(25)19-24(27-26)18-21-11-6-3-7-12-21/h2-7,9-12,15-19,25,27H,13H2,1H3/b24-18+. The van der Waals surface area contributed by atoms with Crippen LogP contribution in [0.4, 0.5) is 0 Å². The molecule has 1 radical (unpaired) electrons. The fraction of sp³-hybridized carbons (Fsp3) is 0.120. The molecular weight excluding hydrogens is 346 g/mol. The summed E-state index contributed by atoms with van der Waals surface area (Å²) in [6, 6.07) is 21.2. The van der Waals surface area contributed by atoms with Gasteiger partial charge in [0, 0.05) is 16.9 Å². The number of likely N-dealkylation sites (N-methyl/N-ethyl adjacent to an activating group) is 1. The van der Waals surface area contributed by atoms with Crippen LogP contribution in [0.15, 0.2) is 101 Å². The van der Waals surface area contributed by atoms with Gasteiger partial charge in [0.2, 0.25) is 0 Å². The summed E-state index contributed by atoms with van der Waals surface area (Å²) in [6.45, 7) is 0. The molecule has 0 fully saturated rings. The van der Waals surface area contributed by atoms with E-state index in [2.05, 4.69) is 108 Å². The molecule has 2 aromatic rings. The zero-order valence-electron chi connectivity index (χ0n) is 15.3. The Balaban J connectivity index is 1.55. The minimum Gasteiger partial charge on any atom is -0.250 e. The summed E-state index contributed by atoms with van der Waals surface area (Å²) < 4.78 is 2.35. The molecule has 27 heavy (non-hydrogen) atoms. The molecular formula is C25H22NS. The predicted molar refractivity (Wildman–Crippen MR) is 118 cm³/mol. The lowest BCUT2D eigenvalue weighted by Gasteiger charge is -2.33. The molecule has 4 rings (SSSR count). The minimum absolute atomic E-state index is 0.333. The summed E-state index contributed by atoms with van der Waals surface area (Å²) in [5.74, 6) is 6.63. The largest absolute Gasteiger partial charge is 0.250 e. The highest BCUT2D eigenvalue weighted by atomic mass is 32.2. The molecule has 0 aromatic heterocycles. The van der Waals surface area contributed by atoms with Gasteiger partial charge in [0.25, 0.3) is 0 Å². The monoisotopic (exact) mass is 368 g/mol. The van der Waals surface area contributed by atoms with Gasteiger partial charge in [0.05, 0.1) is 6.04 Å². The van der Waals surface area contributed by atoms with Crippen LogP contribution < -0.4 is 0 Å². The van der Waals surface area contributed by atoms with Gasteiger partial charge in [-0.05, 0) is 48.1 Å². The Morgan fingerprint density at radius 1 is 1.00 bits per heavy atom. The van der Waals surface area contributed by atoms with Crippen LogP contribution in [-0.4, -0.2) is 17.4 Å². The molecule has 1 aliphatic carbocycles.